The number of piperidine rings is 1. The van der Waals surface area contributed by atoms with Crippen molar-refractivity contribution in [3.8, 4) is 0 Å². The van der Waals surface area contributed by atoms with Gasteiger partial charge in [-0.15, -0.1) is 0 Å². The van der Waals surface area contributed by atoms with Crippen LogP contribution in [-0.4, -0.2) is 35.6 Å². The molecule has 108 valence electrons. The average Bonchev–Trinajstić information content (AvgIpc) is 2.95. The summed E-state index contributed by atoms with van der Waals surface area (Å²) in [5, 5.41) is 5.05. The summed E-state index contributed by atoms with van der Waals surface area (Å²) in [6, 6.07) is 9.32. The fraction of sp³-hybridized carbons (Fsp3) is 0.529. The van der Waals surface area contributed by atoms with Gasteiger partial charge in [0.05, 0.1) is 0 Å². The lowest BCUT2D eigenvalue weighted by Crippen LogP contribution is -2.45. The molecular weight excluding hydrogens is 246 g/mol. The molecule has 0 amide bonds. The standard InChI is InChI=1S/C17H25N3/c1-2-10-20-11-4-7-16(13-20)19-12-15-6-3-5-14-8-9-18-17(14)15/h3,5-6,8-9,16,18-19H,2,4,7,10-13H2,1H3. The van der Waals surface area contributed by atoms with E-state index in [1.807, 2.05) is 6.20 Å². The number of fused-ring (bicyclic) bond motifs is 1. The van der Waals surface area contributed by atoms with Gasteiger partial charge in [-0.05, 0) is 49.4 Å². The van der Waals surface area contributed by atoms with E-state index in [2.05, 4.69) is 46.4 Å². The number of likely N-dealkylation sites (tertiary alicyclic amines) is 1. The van der Waals surface area contributed by atoms with Gasteiger partial charge in [0.1, 0.15) is 0 Å². The van der Waals surface area contributed by atoms with E-state index in [4.69, 9.17) is 0 Å². The lowest BCUT2D eigenvalue weighted by molar-refractivity contribution is 0.190. The SMILES string of the molecule is CCCN1CCCC(NCc2cccc3cc[nH]c23)C1. The number of hydrogen-bond acceptors (Lipinski definition) is 2. The van der Waals surface area contributed by atoms with Gasteiger partial charge >= 0.3 is 0 Å². The Labute approximate surface area is 121 Å². The maximum Gasteiger partial charge on any atom is 0.0499 e. The van der Waals surface area contributed by atoms with Gasteiger partial charge < -0.3 is 15.2 Å². The summed E-state index contributed by atoms with van der Waals surface area (Å²) >= 11 is 0. The fourth-order valence-electron chi connectivity index (χ4n) is 3.29. The van der Waals surface area contributed by atoms with E-state index in [1.54, 1.807) is 0 Å². The van der Waals surface area contributed by atoms with Crippen LogP contribution in [0.25, 0.3) is 10.9 Å². The minimum Gasteiger partial charge on any atom is -0.361 e. The minimum absolute atomic E-state index is 0.639. The Bertz CT molecular complexity index is 544. The molecule has 2 aromatic rings. The molecule has 20 heavy (non-hydrogen) atoms. The highest BCUT2D eigenvalue weighted by atomic mass is 15.2. The van der Waals surface area contributed by atoms with Gasteiger partial charge in [0, 0.05) is 30.8 Å². The third-order valence-corrected chi connectivity index (χ3v) is 4.30. The van der Waals surface area contributed by atoms with Crippen molar-refractivity contribution in [3.05, 3.63) is 36.0 Å². The summed E-state index contributed by atoms with van der Waals surface area (Å²) in [6.45, 7) is 6.95. The highest BCUT2D eigenvalue weighted by molar-refractivity contribution is 5.82. The van der Waals surface area contributed by atoms with Crippen molar-refractivity contribution in [2.75, 3.05) is 19.6 Å². The quantitative estimate of drug-likeness (QED) is 0.875. The van der Waals surface area contributed by atoms with Gasteiger partial charge in [0.2, 0.25) is 0 Å². The van der Waals surface area contributed by atoms with Gasteiger partial charge in [0.25, 0.3) is 0 Å². The molecule has 1 aliphatic rings. The Morgan fingerprint density at radius 3 is 3.20 bits per heavy atom. The number of nitrogens with one attached hydrogen (secondary N) is 2. The Kier molecular flexibility index (Phi) is 4.38. The Morgan fingerprint density at radius 1 is 1.35 bits per heavy atom. The largest absolute Gasteiger partial charge is 0.361 e. The molecule has 0 radical (unpaired) electrons. The third-order valence-electron chi connectivity index (χ3n) is 4.30. The number of rotatable bonds is 5. The van der Waals surface area contributed by atoms with Crippen molar-refractivity contribution in [1.29, 1.82) is 0 Å². The molecule has 1 fully saturated rings. The Balaban J connectivity index is 1.60. The molecule has 0 aliphatic carbocycles. The molecule has 0 saturated carbocycles. The summed E-state index contributed by atoms with van der Waals surface area (Å²) in [6.07, 6.45) is 5.91. The summed E-state index contributed by atoms with van der Waals surface area (Å²) in [5.41, 5.74) is 2.65. The van der Waals surface area contributed by atoms with Crippen LogP contribution in [0.3, 0.4) is 0 Å². The summed E-state index contributed by atoms with van der Waals surface area (Å²) in [4.78, 5) is 5.95. The van der Waals surface area contributed by atoms with E-state index in [0.717, 1.165) is 6.54 Å². The maximum atomic E-state index is 3.75. The first-order valence-corrected chi connectivity index (χ1v) is 7.87. The van der Waals surface area contributed by atoms with Crippen LogP contribution in [0.1, 0.15) is 31.7 Å². The first kappa shape index (κ1) is 13.7. The smallest absolute Gasteiger partial charge is 0.0499 e. The van der Waals surface area contributed by atoms with Crippen LogP contribution in [-0.2, 0) is 6.54 Å². The number of H-pyrrole nitrogens is 1. The van der Waals surface area contributed by atoms with Crippen molar-refractivity contribution < 1.29 is 0 Å². The number of hydrogen-bond donors (Lipinski definition) is 2. The Morgan fingerprint density at radius 2 is 2.30 bits per heavy atom. The number of aromatic nitrogens is 1. The molecule has 0 bridgehead atoms. The zero-order chi connectivity index (χ0) is 13.8. The number of nitrogens with zero attached hydrogens (tertiary/aromatic N) is 1. The van der Waals surface area contributed by atoms with E-state index in [1.165, 1.54) is 55.4 Å². The first-order chi connectivity index (χ1) is 9.86. The second kappa shape index (κ2) is 6.42. The normalized spacial score (nSPS) is 20.6. The third kappa shape index (κ3) is 3.05. The van der Waals surface area contributed by atoms with Crippen molar-refractivity contribution in [2.24, 2.45) is 0 Å². The van der Waals surface area contributed by atoms with Gasteiger partial charge in [0.15, 0.2) is 0 Å². The van der Waals surface area contributed by atoms with Gasteiger partial charge in [-0.2, -0.15) is 0 Å². The first-order valence-electron chi connectivity index (χ1n) is 7.87. The second-order valence-corrected chi connectivity index (χ2v) is 5.88. The molecule has 1 aliphatic heterocycles. The maximum absolute atomic E-state index is 3.75. The van der Waals surface area contributed by atoms with Gasteiger partial charge in [-0.3, -0.25) is 0 Å². The monoisotopic (exact) mass is 271 g/mol. The lowest BCUT2D eigenvalue weighted by Gasteiger charge is -2.33. The van der Waals surface area contributed by atoms with Crippen molar-refractivity contribution in [1.82, 2.24) is 15.2 Å². The highest BCUT2D eigenvalue weighted by Crippen LogP contribution is 2.17. The average molecular weight is 271 g/mol. The second-order valence-electron chi connectivity index (χ2n) is 5.88. The molecule has 2 N–H and O–H groups in total. The lowest BCUT2D eigenvalue weighted by atomic mass is 10.0. The zero-order valence-electron chi connectivity index (χ0n) is 12.4. The zero-order valence-corrected chi connectivity index (χ0v) is 12.4. The molecule has 1 unspecified atom stereocenters. The van der Waals surface area contributed by atoms with E-state index in [9.17, 15) is 0 Å². The molecule has 3 rings (SSSR count). The van der Waals surface area contributed by atoms with Crippen LogP contribution in [0.2, 0.25) is 0 Å². The van der Waals surface area contributed by atoms with Crippen molar-refractivity contribution in [3.63, 3.8) is 0 Å². The van der Waals surface area contributed by atoms with E-state index in [-0.39, 0.29) is 0 Å². The topological polar surface area (TPSA) is 31.1 Å². The Hall–Kier alpha value is -1.32. The van der Waals surface area contributed by atoms with Gasteiger partial charge in [-0.1, -0.05) is 25.1 Å². The van der Waals surface area contributed by atoms with Crippen LogP contribution in [0.4, 0.5) is 0 Å². The molecule has 1 aromatic carbocycles. The van der Waals surface area contributed by atoms with Crippen LogP contribution in [0.5, 0.6) is 0 Å². The molecule has 2 heterocycles. The number of para-hydroxylation sites is 1. The predicted octanol–water partition coefficient (Wildman–Crippen LogP) is 3.13. The van der Waals surface area contributed by atoms with Crippen LogP contribution in [0, 0.1) is 0 Å². The number of benzene rings is 1. The molecule has 3 nitrogen and oxygen atoms in total. The highest BCUT2D eigenvalue weighted by Gasteiger charge is 2.18. The van der Waals surface area contributed by atoms with Crippen LogP contribution < -0.4 is 5.32 Å². The number of aromatic amines is 1. The van der Waals surface area contributed by atoms with E-state index < -0.39 is 0 Å². The molecule has 1 saturated heterocycles. The minimum atomic E-state index is 0.639. The molecule has 1 aromatic heterocycles. The van der Waals surface area contributed by atoms with Crippen LogP contribution >= 0.6 is 0 Å². The fourth-order valence-corrected chi connectivity index (χ4v) is 3.29. The van der Waals surface area contributed by atoms with Crippen LogP contribution in [0.15, 0.2) is 30.5 Å². The van der Waals surface area contributed by atoms with Crippen molar-refractivity contribution >= 4 is 10.9 Å². The molecule has 0 spiro atoms. The summed E-state index contributed by atoms with van der Waals surface area (Å²) < 4.78 is 0. The van der Waals surface area contributed by atoms with Gasteiger partial charge in [-0.25, -0.2) is 0 Å². The molecule has 1 atom stereocenters. The van der Waals surface area contributed by atoms with E-state index >= 15 is 0 Å². The summed E-state index contributed by atoms with van der Waals surface area (Å²) in [5.74, 6) is 0. The molecular formula is C17H25N3. The van der Waals surface area contributed by atoms with Crippen molar-refractivity contribution in [2.45, 2.75) is 38.8 Å². The molecule has 3 heteroatoms. The predicted molar refractivity (Wildman–Crippen MR) is 84.9 cm³/mol. The summed E-state index contributed by atoms with van der Waals surface area (Å²) in [7, 11) is 0. The van der Waals surface area contributed by atoms with E-state index in [0.29, 0.717) is 6.04 Å².